The van der Waals surface area contributed by atoms with Crippen LogP contribution in [-0.4, -0.2) is 11.9 Å². The van der Waals surface area contributed by atoms with Crippen LogP contribution in [0.4, 0.5) is 0 Å². The molecule has 0 radical (unpaired) electrons. The third kappa shape index (κ3) is 3.59. The predicted octanol–water partition coefficient (Wildman–Crippen LogP) is 3.23. The van der Waals surface area contributed by atoms with E-state index in [1.54, 1.807) is 0 Å². The van der Waals surface area contributed by atoms with E-state index in [1.807, 2.05) is 18.2 Å². The molecule has 1 amide bonds. The molecule has 18 heavy (non-hydrogen) atoms. The number of benzene rings is 1. The van der Waals surface area contributed by atoms with Gasteiger partial charge in [-0.25, -0.2) is 0 Å². The summed E-state index contributed by atoms with van der Waals surface area (Å²) in [6, 6.07) is 8.51. The average Bonchev–Trinajstić information content (AvgIpc) is 2.35. The number of nitrogens with one attached hydrogen (secondary N) is 1. The van der Waals surface area contributed by atoms with Crippen LogP contribution in [0.2, 0.25) is 0 Å². The molecule has 0 aromatic heterocycles. The smallest absolute Gasteiger partial charge is 0.224 e. The van der Waals surface area contributed by atoms with Crippen molar-refractivity contribution in [3.8, 4) is 0 Å². The van der Waals surface area contributed by atoms with Crippen molar-refractivity contribution in [3.05, 3.63) is 35.4 Å². The molecular weight excluding hydrogens is 222 g/mol. The topological polar surface area (TPSA) is 29.1 Å². The highest BCUT2D eigenvalue weighted by molar-refractivity contribution is 5.79. The highest BCUT2D eigenvalue weighted by Gasteiger charge is 2.19. The first-order valence-corrected chi connectivity index (χ1v) is 6.99. The fraction of sp³-hybridized carbons (Fsp3) is 0.562. The molecule has 0 saturated heterocycles. The molecule has 2 heteroatoms. The van der Waals surface area contributed by atoms with Crippen molar-refractivity contribution in [1.29, 1.82) is 0 Å². The van der Waals surface area contributed by atoms with Gasteiger partial charge in [-0.15, -0.1) is 0 Å². The van der Waals surface area contributed by atoms with Gasteiger partial charge >= 0.3 is 0 Å². The van der Waals surface area contributed by atoms with E-state index >= 15 is 0 Å². The first-order chi connectivity index (χ1) is 8.65. The van der Waals surface area contributed by atoms with E-state index in [4.69, 9.17) is 0 Å². The van der Waals surface area contributed by atoms with Gasteiger partial charge in [0.05, 0.1) is 6.42 Å². The molecule has 0 spiro atoms. The standard InChI is InChI=1S/C16H23NO/c1-12-7-9-15(10-8-12)17-16(18)11-14-6-4-3-5-13(14)2/h3-6,12,15H,7-11H2,1-2H3,(H,17,18). The van der Waals surface area contributed by atoms with E-state index < -0.39 is 0 Å². The molecule has 0 unspecified atom stereocenters. The molecule has 1 saturated carbocycles. The summed E-state index contributed by atoms with van der Waals surface area (Å²) in [6.07, 6.45) is 5.28. The van der Waals surface area contributed by atoms with Crippen molar-refractivity contribution >= 4 is 5.91 Å². The van der Waals surface area contributed by atoms with Gasteiger partial charge in [0, 0.05) is 6.04 Å². The van der Waals surface area contributed by atoms with E-state index in [2.05, 4.69) is 25.2 Å². The summed E-state index contributed by atoms with van der Waals surface area (Å²) in [5, 5.41) is 3.18. The fourth-order valence-electron chi connectivity index (χ4n) is 2.66. The molecule has 0 atom stereocenters. The van der Waals surface area contributed by atoms with E-state index in [-0.39, 0.29) is 5.91 Å². The normalized spacial score (nSPS) is 23.7. The van der Waals surface area contributed by atoms with Gasteiger partial charge in [-0.3, -0.25) is 4.79 Å². The Bertz CT molecular complexity index is 405. The fourth-order valence-corrected chi connectivity index (χ4v) is 2.66. The van der Waals surface area contributed by atoms with Crippen molar-refractivity contribution in [2.45, 2.75) is 52.0 Å². The zero-order valence-corrected chi connectivity index (χ0v) is 11.4. The summed E-state index contributed by atoms with van der Waals surface area (Å²) >= 11 is 0. The lowest BCUT2D eigenvalue weighted by atomic mass is 9.87. The number of carbonyl (C=O) groups is 1. The van der Waals surface area contributed by atoms with Crippen LogP contribution in [-0.2, 0) is 11.2 Å². The van der Waals surface area contributed by atoms with Crippen molar-refractivity contribution in [2.75, 3.05) is 0 Å². The SMILES string of the molecule is Cc1ccccc1CC(=O)NC1CCC(C)CC1. The Kier molecular flexibility index (Phi) is 4.40. The van der Waals surface area contributed by atoms with Gasteiger partial charge in [-0.2, -0.15) is 0 Å². The molecule has 1 fully saturated rings. The average molecular weight is 245 g/mol. The maximum Gasteiger partial charge on any atom is 0.224 e. The lowest BCUT2D eigenvalue weighted by molar-refractivity contribution is -0.121. The van der Waals surface area contributed by atoms with Gasteiger partial charge in [-0.1, -0.05) is 31.2 Å². The van der Waals surface area contributed by atoms with Crippen LogP contribution in [0, 0.1) is 12.8 Å². The van der Waals surface area contributed by atoms with Gasteiger partial charge in [0.25, 0.3) is 0 Å². The molecule has 0 bridgehead atoms. The molecule has 2 rings (SSSR count). The van der Waals surface area contributed by atoms with Crippen LogP contribution in [0.3, 0.4) is 0 Å². The molecule has 0 heterocycles. The van der Waals surface area contributed by atoms with Gasteiger partial charge in [0.2, 0.25) is 5.91 Å². The Hall–Kier alpha value is -1.31. The van der Waals surface area contributed by atoms with Crippen LogP contribution in [0.25, 0.3) is 0 Å². The van der Waals surface area contributed by atoms with Crippen molar-refractivity contribution in [3.63, 3.8) is 0 Å². The number of carbonyl (C=O) groups excluding carboxylic acids is 1. The van der Waals surface area contributed by atoms with Crippen LogP contribution in [0.1, 0.15) is 43.7 Å². The first-order valence-electron chi connectivity index (χ1n) is 6.99. The molecule has 2 nitrogen and oxygen atoms in total. The molecule has 1 aromatic carbocycles. The molecule has 0 aliphatic heterocycles. The second kappa shape index (κ2) is 6.03. The summed E-state index contributed by atoms with van der Waals surface area (Å²) in [4.78, 5) is 12.0. The largest absolute Gasteiger partial charge is 0.353 e. The van der Waals surface area contributed by atoms with Crippen molar-refractivity contribution in [2.24, 2.45) is 5.92 Å². The minimum Gasteiger partial charge on any atom is -0.353 e. The Morgan fingerprint density at radius 2 is 1.89 bits per heavy atom. The highest BCUT2D eigenvalue weighted by Crippen LogP contribution is 2.23. The lowest BCUT2D eigenvalue weighted by Gasteiger charge is -2.27. The van der Waals surface area contributed by atoms with E-state index in [9.17, 15) is 4.79 Å². The van der Waals surface area contributed by atoms with Gasteiger partial charge in [0.15, 0.2) is 0 Å². The van der Waals surface area contributed by atoms with E-state index in [0.717, 1.165) is 24.3 Å². The number of hydrogen-bond acceptors (Lipinski definition) is 1. The predicted molar refractivity (Wildman–Crippen MR) is 74.4 cm³/mol. The van der Waals surface area contributed by atoms with Gasteiger partial charge in [0.1, 0.15) is 0 Å². The highest BCUT2D eigenvalue weighted by atomic mass is 16.1. The van der Waals surface area contributed by atoms with E-state index in [1.165, 1.54) is 18.4 Å². The zero-order chi connectivity index (χ0) is 13.0. The lowest BCUT2D eigenvalue weighted by Crippen LogP contribution is -2.38. The molecule has 1 aliphatic carbocycles. The molecule has 98 valence electrons. The van der Waals surface area contributed by atoms with Crippen LogP contribution in [0.15, 0.2) is 24.3 Å². The number of aryl methyl sites for hydroxylation is 1. The maximum atomic E-state index is 12.0. The maximum absolute atomic E-state index is 12.0. The quantitative estimate of drug-likeness (QED) is 0.870. The van der Waals surface area contributed by atoms with Gasteiger partial charge < -0.3 is 5.32 Å². The van der Waals surface area contributed by atoms with E-state index in [0.29, 0.717) is 12.5 Å². The summed E-state index contributed by atoms with van der Waals surface area (Å²) in [5.74, 6) is 0.998. The summed E-state index contributed by atoms with van der Waals surface area (Å²) in [7, 11) is 0. The third-order valence-corrected chi connectivity index (χ3v) is 3.99. The minimum atomic E-state index is 0.170. The van der Waals surface area contributed by atoms with Crippen LogP contribution >= 0.6 is 0 Å². The number of rotatable bonds is 3. The second-order valence-electron chi connectivity index (χ2n) is 5.63. The summed E-state index contributed by atoms with van der Waals surface area (Å²) < 4.78 is 0. The second-order valence-corrected chi connectivity index (χ2v) is 5.63. The third-order valence-electron chi connectivity index (χ3n) is 3.99. The molecular formula is C16H23NO. The monoisotopic (exact) mass is 245 g/mol. The van der Waals surface area contributed by atoms with Crippen LogP contribution in [0.5, 0.6) is 0 Å². The molecule has 1 aliphatic rings. The molecule has 1 N–H and O–H groups in total. The number of hydrogen-bond donors (Lipinski definition) is 1. The number of amides is 1. The molecule has 1 aromatic rings. The summed E-state index contributed by atoms with van der Waals surface area (Å²) in [5.41, 5.74) is 2.34. The summed E-state index contributed by atoms with van der Waals surface area (Å²) in [6.45, 7) is 4.36. The van der Waals surface area contributed by atoms with Gasteiger partial charge in [-0.05, 0) is 49.7 Å². The van der Waals surface area contributed by atoms with Crippen molar-refractivity contribution < 1.29 is 4.79 Å². The Morgan fingerprint density at radius 3 is 2.56 bits per heavy atom. The minimum absolute atomic E-state index is 0.170. The Morgan fingerprint density at radius 1 is 1.22 bits per heavy atom. The first kappa shape index (κ1) is 13.1. The Balaban J connectivity index is 1.84. The zero-order valence-electron chi connectivity index (χ0n) is 11.4. The van der Waals surface area contributed by atoms with Crippen LogP contribution < -0.4 is 5.32 Å². The van der Waals surface area contributed by atoms with Crippen molar-refractivity contribution in [1.82, 2.24) is 5.32 Å². The Labute approximate surface area is 110 Å².